The molecule has 0 radical (unpaired) electrons. The number of hydrogen-bond donors (Lipinski definition) is 1. The van der Waals surface area contributed by atoms with Gasteiger partial charge in [-0.25, -0.2) is 9.78 Å². The molecule has 1 N–H and O–H groups in total. The molecule has 4 rings (SSSR count). The first-order valence-electron chi connectivity index (χ1n) is 9.28. The predicted molar refractivity (Wildman–Crippen MR) is 98.4 cm³/mol. The molecule has 1 aromatic carbocycles. The zero-order chi connectivity index (χ0) is 19.0. The first kappa shape index (κ1) is 17.9. The van der Waals surface area contributed by atoms with E-state index in [1.165, 1.54) is 7.11 Å². The highest BCUT2D eigenvalue weighted by Crippen LogP contribution is 2.28. The first-order chi connectivity index (χ1) is 13.1. The minimum atomic E-state index is -0.378. The van der Waals surface area contributed by atoms with Crippen molar-refractivity contribution in [3.05, 3.63) is 29.6 Å². The smallest absolute Gasteiger partial charge is 0.337 e. The van der Waals surface area contributed by atoms with Crippen molar-refractivity contribution < 1.29 is 19.1 Å². The van der Waals surface area contributed by atoms with Gasteiger partial charge in [0.15, 0.2) is 0 Å². The Morgan fingerprint density at radius 1 is 1.48 bits per heavy atom. The number of fused-ring (bicyclic) bond motifs is 1. The van der Waals surface area contributed by atoms with Crippen molar-refractivity contribution in [3.63, 3.8) is 0 Å². The second kappa shape index (κ2) is 7.28. The van der Waals surface area contributed by atoms with Crippen LogP contribution in [0.1, 0.15) is 35.6 Å². The number of ether oxygens (including phenoxy) is 2. The van der Waals surface area contributed by atoms with Crippen molar-refractivity contribution in [1.29, 1.82) is 0 Å². The molecule has 8 heteroatoms. The molecule has 2 aliphatic heterocycles. The molecule has 3 heterocycles. The second-order valence-corrected chi connectivity index (χ2v) is 7.00. The van der Waals surface area contributed by atoms with E-state index in [0.29, 0.717) is 25.2 Å². The van der Waals surface area contributed by atoms with E-state index in [9.17, 15) is 9.59 Å². The Morgan fingerprint density at radius 3 is 2.96 bits per heavy atom. The number of carbonyl (C=O) groups excluding carboxylic acids is 2. The Morgan fingerprint density at radius 2 is 2.30 bits per heavy atom. The average Bonchev–Trinajstić information content (AvgIpc) is 3.01. The van der Waals surface area contributed by atoms with Crippen LogP contribution in [0.4, 0.5) is 0 Å². The Bertz CT molecular complexity index is 874. The van der Waals surface area contributed by atoms with E-state index in [4.69, 9.17) is 14.5 Å². The molecule has 2 aromatic rings. The van der Waals surface area contributed by atoms with Crippen molar-refractivity contribution in [1.82, 2.24) is 19.8 Å². The van der Waals surface area contributed by atoms with Gasteiger partial charge in [0, 0.05) is 19.7 Å². The Hall–Kier alpha value is -2.45. The van der Waals surface area contributed by atoms with Crippen molar-refractivity contribution >= 4 is 22.9 Å². The highest BCUT2D eigenvalue weighted by molar-refractivity contribution is 5.93. The molecule has 1 amide bonds. The lowest BCUT2D eigenvalue weighted by Crippen LogP contribution is -2.49. The van der Waals surface area contributed by atoms with Gasteiger partial charge in [0.05, 0.1) is 48.9 Å². The van der Waals surface area contributed by atoms with Crippen LogP contribution < -0.4 is 5.32 Å². The topological polar surface area (TPSA) is 85.7 Å². The molecule has 8 nitrogen and oxygen atoms in total. The number of esters is 1. The minimum absolute atomic E-state index is 0.0718. The number of nitrogens with one attached hydrogen (secondary N) is 1. The summed E-state index contributed by atoms with van der Waals surface area (Å²) in [5, 5.41) is 3.10. The van der Waals surface area contributed by atoms with E-state index < -0.39 is 0 Å². The van der Waals surface area contributed by atoms with Crippen molar-refractivity contribution in [2.45, 2.75) is 32.0 Å². The summed E-state index contributed by atoms with van der Waals surface area (Å²) < 4.78 is 12.6. The third-order valence-corrected chi connectivity index (χ3v) is 5.35. The maximum Gasteiger partial charge on any atom is 0.337 e. The number of piperazine rings is 1. The normalized spacial score (nSPS) is 21.2. The third-order valence-electron chi connectivity index (χ3n) is 5.35. The van der Waals surface area contributed by atoms with Gasteiger partial charge in [0.2, 0.25) is 5.91 Å². The third kappa shape index (κ3) is 3.30. The SMILES string of the molecule is COC(=O)c1ccc2nc([C@H](C)N3CCNCC3=O)n(C[C@@H]3CCO3)c2c1. The molecule has 0 spiro atoms. The molecular formula is C19H24N4O4. The van der Waals surface area contributed by atoms with Gasteiger partial charge < -0.3 is 24.3 Å². The monoisotopic (exact) mass is 372 g/mol. The summed E-state index contributed by atoms with van der Waals surface area (Å²) in [7, 11) is 1.37. The van der Waals surface area contributed by atoms with Gasteiger partial charge in [-0.15, -0.1) is 0 Å². The molecule has 2 aliphatic rings. The number of nitrogens with zero attached hydrogens (tertiary/aromatic N) is 3. The number of hydrogen-bond acceptors (Lipinski definition) is 6. The minimum Gasteiger partial charge on any atom is -0.465 e. The molecule has 2 atom stereocenters. The summed E-state index contributed by atoms with van der Waals surface area (Å²) in [6, 6.07) is 5.20. The molecule has 1 aromatic heterocycles. The van der Waals surface area contributed by atoms with E-state index in [-0.39, 0.29) is 24.0 Å². The molecule has 0 bridgehead atoms. The number of aromatic nitrogens is 2. The quantitative estimate of drug-likeness (QED) is 0.792. The van der Waals surface area contributed by atoms with E-state index in [2.05, 4.69) is 9.88 Å². The largest absolute Gasteiger partial charge is 0.465 e. The van der Waals surface area contributed by atoms with Crippen LogP contribution in [-0.4, -0.2) is 65.8 Å². The number of amides is 1. The van der Waals surface area contributed by atoms with Crippen LogP contribution in [0.2, 0.25) is 0 Å². The van der Waals surface area contributed by atoms with Crippen LogP contribution >= 0.6 is 0 Å². The summed E-state index contributed by atoms with van der Waals surface area (Å²) in [6.07, 6.45) is 1.13. The summed E-state index contributed by atoms with van der Waals surface area (Å²) in [5.41, 5.74) is 2.14. The van der Waals surface area contributed by atoms with Crippen molar-refractivity contribution in [3.8, 4) is 0 Å². The fourth-order valence-electron chi connectivity index (χ4n) is 3.70. The van der Waals surface area contributed by atoms with Crippen LogP contribution in [0.15, 0.2) is 18.2 Å². The standard InChI is InChI=1S/C19H24N4O4/c1-12(22-7-6-20-10-17(22)24)18-21-15-4-3-13(19(25)26-2)9-16(15)23(18)11-14-5-8-27-14/h3-4,9,12,14,20H,5-8,10-11H2,1-2H3/t12-,14-/m0/s1. The molecule has 144 valence electrons. The van der Waals surface area contributed by atoms with E-state index >= 15 is 0 Å². The molecule has 2 saturated heterocycles. The zero-order valence-corrected chi connectivity index (χ0v) is 15.6. The lowest BCUT2D eigenvalue weighted by molar-refractivity contribution is -0.134. The maximum absolute atomic E-state index is 12.3. The maximum atomic E-state index is 12.3. The van der Waals surface area contributed by atoms with E-state index in [1.807, 2.05) is 24.0 Å². The summed E-state index contributed by atoms with van der Waals surface area (Å²) in [5.74, 6) is 0.511. The number of benzene rings is 1. The van der Waals surface area contributed by atoms with Crippen LogP contribution in [0, 0.1) is 0 Å². The molecule has 0 aliphatic carbocycles. The lowest BCUT2D eigenvalue weighted by atomic mass is 10.1. The van der Waals surface area contributed by atoms with Crippen LogP contribution in [0.5, 0.6) is 0 Å². The van der Waals surface area contributed by atoms with Crippen molar-refractivity contribution in [2.24, 2.45) is 0 Å². The van der Waals surface area contributed by atoms with Gasteiger partial charge in [-0.2, -0.15) is 0 Å². The highest BCUT2D eigenvalue weighted by Gasteiger charge is 2.30. The number of methoxy groups -OCH3 is 1. The Balaban J connectivity index is 1.76. The van der Waals surface area contributed by atoms with Gasteiger partial charge in [-0.3, -0.25) is 4.79 Å². The van der Waals surface area contributed by atoms with Gasteiger partial charge >= 0.3 is 5.97 Å². The van der Waals surface area contributed by atoms with Gasteiger partial charge in [-0.1, -0.05) is 0 Å². The van der Waals surface area contributed by atoms with E-state index in [0.717, 1.165) is 36.4 Å². The van der Waals surface area contributed by atoms with E-state index in [1.54, 1.807) is 6.07 Å². The molecule has 27 heavy (non-hydrogen) atoms. The van der Waals surface area contributed by atoms with Crippen LogP contribution in [0.3, 0.4) is 0 Å². The predicted octanol–water partition coefficient (Wildman–Crippen LogP) is 1.10. The highest BCUT2D eigenvalue weighted by atomic mass is 16.5. The lowest BCUT2D eigenvalue weighted by Gasteiger charge is -2.34. The van der Waals surface area contributed by atoms with Gasteiger partial charge in [0.1, 0.15) is 5.82 Å². The summed E-state index contributed by atoms with van der Waals surface area (Å²) in [6.45, 7) is 5.20. The molecular weight excluding hydrogens is 348 g/mol. The van der Waals surface area contributed by atoms with Crippen LogP contribution in [-0.2, 0) is 20.8 Å². The molecule has 0 saturated carbocycles. The Kier molecular flexibility index (Phi) is 4.84. The fraction of sp³-hybridized carbons (Fsp3) is 0.526. The average molecular weight is 372 g/mol. The van der Waals surface area contributed by atoms with Gasteiger partial charge in [0.25, 0.3) is 0 Å². The first-order valence-corrected chi connectivity index (χ1v) is 9.28. The summed E-state index contributed by atoms with van der Waals surface area (Å²) >= 11 is 0. The molecule has 0 unspecified atom stereocenters. The summed E-state index contributed by atoms with van der Waals surface area (Å²) in [4.78, 5) is 31.0. The van der Waals surface area contributed by atoms with Crippen molar-refractivity contribution in [2.75, 3.05) is 33.4 Å². The number of carbonyl (C=O) groups is 2. The second-order valence-electron chi connectivity index (χ2n) is 7.00. The Labute approximate surface area is 157 Å². The number of rotatable bonds is 5. The molecule has 2 fully saturated rings. The zero-order valence-electron chi connectivity index (χ0n) is 15.6. The fourth-order valence-corrected chi connectivity index (χ4v) is 3.70. The van der Waals surface area contributed by atoms with Gasteiger partial charge in [-0.05, 0) is 31.5 Å². The van der Waals surface area contributed by atoms with Crippen LogP contribution in [0.25, 0.3) is 11.0 Å². The number of imidazole rings is 1.